The highest BCUT2D eigenvalue weighted by molar-refractivity contribution is 9.10. The second-order valence-electron chi connectivity index (χ2n) is 6.77. The van der Waals surface area contributed by atoms with Crippen LogP contribution in [0.5, 0.6) is 5.75 Å². The van der Waals surface area contributed by atoms with E-state index in [0.29, 0.717) is 23.1 Å². The third-order valence-electron chi connectivity index (χ3n) is 4.93. The number of carbonyl (C=O) groups excluding carboxylic acids is 1. The number of rotatable bonds is 3. The van der Waals surface area contributed by atoms with Crippen molar-refractivity contribution in [3.05, 3.63) is 63.4 Å². The van der Waals surface area contributed by atoms with Crippen LogP contribution in [0.3, 0.4) is 0 Å². The molecule has 4 rings (SSSR count). The van der Waals surface area contributed by atoms with Crippen LogP contribution in [0.25, 0.3) is 0 Å². The Labute approximate surface area is 160 Å². The number of benzene rings is 2. The van der Waals surface area contributed by atoms with Crippen molar-refractivity contribution in [3.63, 3.8) is 0 Å². The van der Waals surface area contributed by atoms with Crippen LogP contribution in [0.4, 0.5) is 4.39 Å². The third-order valence-corrected chi connectivity index (χ3v) is 5.39. The van der Waals surface area contributed by atoms with Gasteiger partial charge in [0.15, 0.2) is 0 Å². The molecule has 0 radical (unpaired) electrons. The summed E-state index contributed by atoms with van der Waals surface area (Å²) in [5, 5.41) is 0. The topological polar surface area (TPSA) is 32.8 Å². The van der Waals surface area contributed by atoms with Crippen LogP contribution in [0.2, 0.25) is 0 Å². The van der Waals surface area contributed by atoms with Crippen molar-refractivity contribution in [3.8, 4) is 5.75 Å². The molecule has 2 aliphatic heterocycles. The summed E-state index contributed by atoms with van der Waals surface area (Å²) >= 11 is 3.25. The molecule has 0 saturated carbocycles. The average molecular weight is 419 g/mol. The SMILES string of the molecule is O=C(c1cc(F)cc(Br)c1)N1CCN(Cc2ccc3c(c2)CCO3)CC1. The van der Waals surface area contributed by atoms with Gasteiger partial charge in [-0.05, 0) is 35.4 Å². The van der Waals surface area contributed by atoms with Gasteiger partial charge in [-0.1, -0.05) is 28.1 Å². The van der Waals surface area contributed by atoms with Crippen LogP contribution < -0.4 is 4.74 Å². The molecule has 136 valence electrons. The van der Waals surface area contributed by atoms with Gasteiger partial charge in [-0.15, -0.1) is 0 Å². The number of ether oxygens (including phenoxy) is 1. The Morgan fingerprint density at radius 3 is 2.69 bits per heavy atom. The Balaban J connectivity index is 1.36. The third kappa shape index (κ3) is 3.76. The van der Waals surface area contributed by atoms with E-state index in [4.69, 9.17) is 4.74 Å². The molecule has 6 heteroatoms. The summed E-state index contributed by atoms with van der Waals surface area (Å²) in [6, 6.07) is 10.7. The van der Waals surface area contributed by atoms with E-state index in [1.807, 2.05) is 0 Å². The number of carbonyl (C=O) groups is 1. The van der Waals surface area contributed by atoms with Gasteiger partial charge in [0, 0.05) is 49.2 Å². The molecule has 0 unspecified atom stereocenters. The van der Waals surface area contributed by atoms with Gasteiger partial charge in [0.1, 0.15) is 11.6 Å². The molecule has 0 atom stereocenters. The molecule has 0 aromatic heterocycles. The maximum atomic E-state index is 13.5. The lowest BCUT2D eigenvalue weighted by Gasteiger charge is -2.35. The molecular formula is C20H20BrFN2O2. The van der Waals surface area contributed by atoms with Gasteiger partial charge in [0.25, 0.3) is 5.91 Å². The first-order valence-corrected chi connectivity index (χ1v) is 9.60. The Morgan fingerprint density at radius 2 is 1.92 bits per heavy atom. The normalized spacial score (nSPS) is 17.1. The van der Waals surface area contributed by atoms with Crippen molar-refractivity contribution in [2.24, 2.45) is 0 Å². The molecule has 2 aliphatic rings. The van der Waals surface area contributed by atoms with E-state index in [1.165, 1.54) is 23.3 Å². The van der Waals surface area contributed by atoms with Crippen LogP contribution in [0.1, 0.15) is 21.5 Å². The van der Waals surface area contributed by atoms with Crippen molar-refractivity contribution >= 4 is 21.8 Å². The summed E-state index contributed by atoms with van der Waals surface area (Å²) in [6.45, 7) is 4.59. The first-order valence-electron chi connectivity index (χ1n) is 8.81. The zero-order chi connectivity index (χ0) is 18.1. The molecule has 1 amide bonds. The van der Waals surface area contributed by atoms with Crippen LogP contribution in [0.15, 0.2) is 40.9 Å². The van der Waals surface area contributed by atoms with Crippen LogP contribution in [-0.2, 0) is 13.0 Å². The summed E-state index contributed by atoms with van der Waals surface area (Å²) in [6.07, 6.45) is 0.981. The molecule has 1 saturated heterocycles. The Kier molecular flexibility index (Phi) is 4.96. The van der Waals surface area contributed by atoms with E-state index in [0.717, 1.165) is 38.4 Å². The smallest absolute Gasteiger partial charge is 0.254 e. The molecule has 1 fully saturated rings. The highest BCUT2D eigenvalue weighted by Gasteiger charge is 2.23. The number of amides is 1. The maximum Gasteiger partial charge on any atom is 0.254 e. The molecule has 0 bridgehead atoms. The van der Waals surface area contributed by atoms with Crippen LogP contribution in [-0.4, -0.2) is 48.5 Å². The second-order valence-corrected chi connectivity index (χ2v) is 7.68. The maximum absolute atomic E-state index is 13.5. The number of hydrogen-bond acceptors (Lipinski definition) is 3. The van der Waals surface area contributed by atoms with Crippen molar-refractivity contribution in [1.29, 1.82) is 0 Å². The highest BCUT2D eigenvalue weighted by Crippen LogP contribution is 2.26. The Hall–Kier alpha value is -1.92. The first-order chi connectivity index (χ1) is 12.6. The van der Waals surface area contributed by atoms with Crippen molar-refractivity contribution < 1.29 is 13.9 Å². The van der Waals surface area contributed by atoms with E-state index in [1.54, 1.807) is 11.0 Å². The molecule has 0 spiro atoms. The monoisotopic (exact) mass is 418 g/mol. The minimum atomic E-state index is -0.401. The van der Waals surface area contributed by atoms with Gasteiger partial charge >= 0.3 is 0 Å². The summed E-state index contributed by atoms with van der Waals surface area (Å²) in [4.78, 5) is 16.8. The van der Waals surface area contributed by atoms with Gasteiger partial charge < -0.3 is 9.64 Å². The van der Waals surface area contributed by atoms with Crippen LogP contribution >= 0.6 is 15.9 Å². The van der Waals surface area contributed by atoms with Gasteiger partial charge in [-0.3, -0.25) is 9.69 Å². The largest absolute Gasteiger partial charge is 0.493 e. The number of halogens is 2. The number of fused-ring (bicyclic) bond motifs is 1. The van der Waals surface area contributed by atoms with Crippen molar-refractivity contribution in [2.45, 2.75) is 13.0 Å². The van der Waals surface area contributed by atoms with Crippen LogP contribution in [0, 0.1) is 5.82 Å². The standard InChI is InChI=1S/C20H20BrFN2O2/c21-17-10-16(11-18(22)12-17)20(25)24-6-4-23(5-7-24)13-14-1-2-19-15(9-14)3-8-26-19/h1-2,9-12H,3-8,13H2. The van der Waals surface area contributed by atoms with E-state index >= 15 is 0 Å². The predicted molar refractivity (Wildman–Crippen MR) is 101 cm³/mol. The predicted octanol–water partition coefficient (Wildman–Crippen LogP) is 3.48. The molecule has 0 N–H and O–H groups in total. The molecule has 26 heavy (non-hydrogen) atoms. The summed E-state index contributed by atoms with van der Waals surface area (Å²) in [7, 11) is 0. The quantitative estimate of drug-likeness (QED) is 0.764. The fraction of sp³-hybridized carbons (Fsp3) is 0.350. The van der Waals surface area contributed by atoms with Gasteiger partial charge in [0.2, 0.25) is 0 Å². The fourth-order valence-electron chi connectivity index (χ4n) is 3.57. The molecule has 2 aromatic rings. The van der Waals surface area contributed by atoms with E-state index < -0.39 is 5.82 Å². The molecule has 2 aromatic carbocycles. The zero-order valence-corrected chi connectivity index (χ0v) is 16.0. The summed E-state index contributed by atoms with van der Waals surface area (Å²) in [5.74, 6) is 0.492. The average Bonchev–Trinajstić information content (AvgIpc) is 3.09. The number of hydrogen-bond donors (Lipinski definition) is 0. The van der Waals surface area contributed by atoms with Crippen molar-refractivity contribution in [1.82, 2.24) is 9.80 Å². The zero-order valence-electron chi connectivity index (χ0n) is 14.4. The summed E-state index contributed by atoms with van der Waals surface area (Å²) < 4.78 is 19.7. The van der Waals surface area contributed by atoms with Gasteiger partial charge in [0.05, 0.1) is 6.61 Å². The molecule has 2 heterocycles. The first kappa shape index (κ1) is 17.5. The Morgan fingerprint density at radius 1 is 1.12 bits per heavy atom. The fourth-order valence-corrected chi connectivity index (χ4v) is 4.03. The lowest BCUT2D eigenvalue weighted by Crippen LogP contribution is -2.48. The number of nitrogens with zero attached hydrogens (tertiary/aromatic N) is 2. The van der Waals surface area contributed by atoms with Crippen molar-refractivity contribution in [2.75, 3.05) is 32.8 Å². The van der Waals surface area contributed by atoms with Gasteiger partial charge in [-0.25, -0.2) is 4.39 Å². The van der Waals surface area contributed by atoms with E-state index in [2.05, 4.69) is 39.0 Å². The highest BCUT2D eigenvalue weighted by atomic mass is 79.9. The van der Waals surface area contributed by atoms with Gasteiger partial charge in [-0.2, -0.15) is 0 Å². The van der Waals surface area contributed by atoms with E-state index in [9.17, 15) is 9.18 Å². The molecule has 4 nitrogen and oxygen atoms in total. The second kappa shape index (κ2) is 7.37. The summed E-state index contributed by atoms with van der Waals surface area (Å²) in [5.41, 5.74) is 2.96. The minimum Gasteiger partial charge on any atom is -0.493 e. The molecular weight excluding hydrogens is 399 g/mol. The minimum absolute atomic E-state index is 0.112. The number of piperazine rings is 1. The molecule has 0 aliphatic carbocycles. The Bertz CT molecular complexity index is 814. The lowest BCUT2D eigenvalue weighted by molar-refractivity contribution is 0.0628. The van der Waals surface area contributed by atoms with E-state index in [-0.39, 0.29) is 5.91 Å². The lowest BCUT2D eigenvalue weighted by atomic mass is 10.1.